The summed E-state index contributed by atoms with van der Waals surface area (Å²) in [6.45, 7) is 0. The fourth-order valence-electron chi connectivity index (χ4n) is 2.24. The van der Waals surface area contributed by atoms with Gasteiger partial charge >= 0.3 is 6.18 Å². The lowest BCUT2D eigenvalue weighted by Crippen LogP contribution is -2.14. The lowest BCUT2D eigenvalue weighted by molar-refractivity contribution is -0.137. The van der Waals surface area contributed by atoms with Gasteiger partial charge in [0.2, 0.25) is 0 Å². The molecule has 0 unspecified atom stereocenters. The highest BCUT2D eigenvalue weighted by Gasteiger charge is 2.30. The van der Waals surface area contributed by atoms with Crippen LogP contribution in [0.2, 0.25) is 0 Å². The van der Waals surface area contributed by atoms with Gasteiger partial charge in [-0.2, -0.15) is 13.2 Å². The molecule has 0 saturated carbocycles. The van der Waals surface area contributed by atoms with E-state index in [1.807, 2.05) is 17.7 Å². The lowest BCUT2D eigenvalue weighted by Gasteiger charge is -2.12. The molecule has 1 amide bonds. The summed E-state index contributed by atoms with van der Waals surface area (Å²) in [6.07, 6.45) is -1.04. The molecule has 0 atom stereocenters. The summed E-state index contributed by atoms with van der Waals surface area (Å²) >= 11 is 1.35. The second-order valence-corrected chi connectivity index (χ2v) is 6.46. The van der Waals surface area contributed by atoms with Gasteiger partial charge in [-0.15, -0.1) is 0 Å². The molecular weight excluding hydrogens is 363 g/mol. The Kier molecular flexibility index (Phi) is 5.03. The molecule has 0 aliphatic heterocycles. The van der Waals surface area contributed by atoms with Crippen molar-refractivity contribution in [2.24, 2.45) is 7.05 Å². The average molecular weight is 377 g/mol. The predicted octanol–water partition coefficient (Wildman–Crippen LogP) is 4.84. The minimum absolute atomic E-state index is 0.0587. The Balaban J connectivity index is 1.83. The van der Waals surface area contributed by atoms with E-state index in [4.69, 9.17) is 0 Å². The maximum absolute atomic E-state index is 12.8. The molecule has 3 aromatic rings. The van der Waals surface area contributed by atoms with Gasteiger partial charge in [0.15, 0.2) is 5.16 Å². The number of para-hydroxylation sites is 1. The zero-order valence-corrected chi connectivity index (χ0v) is 14.4. The Morgan fingerprint density at radius 1 is 1.15 bits per heavy atom. The third-order valence-corrected chi connectivity index (χ3v) is 4.72. The minimum Gasteiger partial charge on any atom is -0.329 e. The van der Waals surface area contributed by atoms with Gasteiger partial charge < -0.3 is 9.88 Å². The second kappa shape index (κ2) is 7.25. The molecule has 0 fully saturated rings. The zero-order valence-electron chi connectivity index (χ0n) is 13.6. The van der Waals surface area contributed by atoms with Crippen LogP contribution in [0, 0.1) is 0 Å². The average Bonchev–Trinajstić information content (AvgIpc) is 3.01. The monoisotopic (exact) mass is 377 g/mol. The van der Waals surface area contributed by atoms with Gasteiger partial charge in [0.1, 0.15) is 0 Å². The normalized spacial score (nSPS) is 11.4. The number of hydrogen-bond donors (Lipinski definition) is 1. The molecule has 0 saturated heterocycles. The number of amides is 1. The molecule has 4 nitrogen and oxygen atoms in total. The number of halogens is 3. The molecule has 1 aromatic heterocycles. The number of hydrogen-bond acceptors (Lipinski definition) is 3. The molecule has 3 rings (SSSR count). The highest BCUT2D eigenvalue weighted by Crippen LogP contribution is 2.33. The molecule has 0 aliphatic carbocycles. The minimum atomic E-state index is -4.50. The van der Waals surface area contributed by atoms with Crippen molar-refractivity contribution in [1.29, 1.82) is 0 Å². The van der Waals surface area contributed by atoms with Gasteiger partial charge in [-0.1, -0.05) is 18.2 Å². The van der Waals surface area contributed by atoms with E-state index < -0.39 is 17.6 Å². The first-order chi connectivity index (χ1) is 12.3. The first kappa shape index (κ1) is 18.1. The molecular formula is C18H14F3N3OS. The van der Waals surface area contributed by atoms with Gasteiger partial charge in [0, 0.05) is 29.9 Å². The van der Waals surface area contributed by atoms with Crippen molar-refractivity contribution < 1.29 is 18.0 Å². The van der Waals surface area contributed by atoms with Crippen molar-refractivity contribution in [2.75, 3.05) is 5.32 Å². The van der Waals surface area contributed by atoms with E-state index in [0.717, 1.165) is 22.2 Å². The zero-order chi connectivity index (χ0) is 18.7. The number of aryl methyl sites for hydroxylation is 1. The summed E-state index contributed by atoms with van der Waals surface area (Å²) in [7, 11) is 1.85. The predicted molar refractivity (Wildman–Crippen MR) is 93.2 cm³/mol. The van der Waals surface area contributed by atoms with Crippen LogP contribution in [0.3, 0.4) is 0 Å². The lowest BCUT2D eigenvalue weighted by atomic mass is 10.1. The number of carbonyl (C=O) groups excluding carboxylic acids is 1. The van der Waals surface area contributed by atoms with E-state index >= 15 is 0 Å². The van der Waals surface area contributed by atoms with Crippen LogP contribution < -0.4 is 5.32 Å². The van der Waals surface area contributed by atoms with Crippen LogP contribution >= 0.6 is 11.8 Å². The number of aromatic nitrogens is 2. The Labute approximate surface area is 152 Å². The van der Waals surface area contributed by atoms with E-state index in [9.17, 15) is 18.0 Å². The number of benzene rings is 2. The number of nitrogens with one attached hydrogen (secondary N) is 1. The van der Waals surface area contributed by atoms with Crippen LogP contribution in [0.25, 0.3) is 0 Å². The molecule has 0 radical (unpaired) electrons. The van der Waals surface area contributed by atoms with E-state index in [2.05, 4.69) is 10.3 Å². The van der Waals surface area contributed by atoms with E-state index in [1.165, 1.54) is 23.9 Å². The van der Waals surface area contributed by atoms with Crippen LogP contribution in [0.4, 0.5) is 18.9 Å². The number of carbonyl (C=O) groups is 1. The number of anilines is 1. The SMILES string of the molecule is Cn1ccnc1Sc1ccccc1NC(=O)c1cccc(C(F)(F)F)c1. The fourth-order valence-corrected chi connectivity index (χ4v) is 3.13. The molecule has 0 spiro atoms. The fraction of sp³-hybridized carbons (Fsp3) is 0.111. The third-order valence-electron chi connectivity index (χ3n) is 3.57. The molecule has 8 heteroatoms. The van der Waals surface area contributed by atoms with Crippen molar-refractivity contribution in [3.63, 3.8) is 0 Å². The molecule has 0 aliphatic rings. The van der Waals surface area contributed by atoms with Crippen molar-refractivity contribution in [3.8, 4) is 0 Å². The summed E-state index contributed by atoms with van der Waals surface area (Å²) in [4.78, 5) is 17.4. The largest absolute Gasteiger partial charge is 0.416 e. The highest BCUT2D eigenvalue weighted by atomic mass is 32.2. The molecule has 134 valence electrons. The number of nitrogens with zero attached hydrogens (tertiary/aromatic N) is 2. The molecule has 0 bridgehead atoms. The van der Waals surface area contributed by atoms with Crippen LogP contribution in [-0.4, -0.2) is 15.5 Å². The molecule has 1 N–H and O–H groups in total. The van der Waals surface area contributed by atoms with Crippen molar-refractivity contribution >= 4 is 23.4 Å². The van der Waals surface area contributed by atoms with Crippen molar-refractivity contribution in [3.05, 3.63) is 72.1 Å². The Hall–Kier alpha value is -2.74. The van der Waals surface area contributed by atoms with Crippen LogP contribution in [0.15, 0.2) is 71.0 Å². The Morgan fingerprint density at radius 3 is 2.62 bits per heavy atom. The second-order valence-electron chi connectivity index (χ2n) is 5.45. The highest BCUT2D eigenvalue weighted by molar-refractivity contribution is 7.99. The Morgan fingerprint density at radius 2 is 1.92 bits per heavy atom. The van der Waals surface area contributed by atoms with Gasteiger partial charge in [0.05, 0.1) is 11.3 Å². The molecule has 26 heavy (non-hydrogen) atoms. The van der Waals surface area contributed by atoms with Crippen LogP contribution in [0.5, 0.6) is 0 Å². The molecule has 1 heterocycles. The van der Waals surface area contributed by atoms with E-state index in [0.29, 0.717) is 5.69 Å². The summed E-state index contributed by atoms with van der Waals surface area (Å²) in [6, 6.07) is 11.4. The third kappa shape index (κ3) is 4.08. The topological polar surface area (TPSA) is 46.9 Å². The smallest absolute Gasteiger partial charge is 0.329 e. The summed E-state index contributed by atoms with van der Waals surface area (Å²) in [5.41, 5.74) is -0.416. The van der Waals surface area contributed by atoms with E-state index in [-0.39, 0.29) is 5.56 Å². The summed E-state index contributed by atoms with van der Waals surface area (Å²) in [5, 5.41) is 3.40. The Bertz CT molecular complexity index is 937. The van der Waals surface area contributed by atoms with Crippen LogP contribution in [-0.2, 0) is 13.2 Å². The van der Waals surface area contributed by atoms with Gasteiger partial charge in [-0.25, -0.2) is 4.98 Å². The van der Waals surface area contributed by atoms with Gasteiger partial charge in [-0.05, 0) is 42.1 Å². The summed E-state index contributed by atoms with van der Waals surface area (Å²) < 4.78 is 40.3. The van der Waals surface area contributed by atoms with Gasteiger partial charge in [0.25, 0.3) is 5.91 Å². The number of imidazole rings is 1. The molecule has 2 aromatic carbocycles. The maximum Gasteiger partial charge on any atom is 0.416 e. The van der Waals surface area contributed by atoms with Crippen LogP contribution in [0.1, 0.15) is 15.9 Å². The maximum atomic E-state index is 12.8. The standard InChI is InChI=1S/C18H14F3N3OS/c1-24-10-9-22-17(24)26-15-8-3-2-7-14(15)23-16(25)12-5-4-6-13(11-12)18(19,20)21/h2-11H,1H3,(H,23,25). The number of rotatable bonds is 4. The van der Waals surface area contributed by atoms with Gasteiger partial charge in [-0.3, -0.25) is 4.79 Å². The number of alkyl halides is 3. The first-order valence-corrected chi connectivity index (χ1v) is 8.39. The van der Waals surface area contributed by atoms with Crippen molar-refractivity contribution in [1.82, 2.24) is 9.55 Å². The van der Waals surface area contributed by atoms with E-state index in [1.54, 1.807) is 30.6 Å². The van der Waals surface area contributed by atoms with Crippen molar-refractivity contribution in [2.45, 2.75) is 16.2 Å². The quantitative estimate of drug-likeness (QED) is 0.708. The summed E-state index contributed by atoms with van der Waals surface area (Å²) in [5.74, 6) is -0.607. The first-order valence-electron chi connectivity index (χ1n) is 7.57.